The standard InChI is InChI=1S/C16H34N4O3S/c1-6-17-14(18-12-15(2,3)20-24(5,21)22)19-13-16(8-7-9-16)10-11-23-4/h20H,6-13H2,1-5H3,(H2,17,18,19). The molecule has 0 unspecified atom stereocenters. The number of nitrogens with zero attached hydrogens (tertiary/aromatic N) is 1. The van der Waals surface area contributed by atoms with Gasteiger partial charge in [-0.2, -0.15) is 0 Å². The number of methoxy groups -OCH3 is 1. The second-order valence-electron chi connectivity index (χ2n) is 7.40. The minimum absolute atomic E-state index is 0.298. The lowest BCUT2D eigenvalue weighted by Crippen LogP contribution is -2.49. The summed E-state index contributed by atoms with van der Waals surface area (Å²) in [4.78, 5) is 4.55. The maximum Gasteiger partial charge on any atom is 0.209 e. The summed E-state index contributed by atoms with van der Waals surface area (Å²) in [7, 11) is -1.52. The molecular formula is C16H34N4O3S. The van der Waals surface area contributed by atoms with E-state index in [0.29, 0.717) is 12.0 Å². The molecule has 24 heavy (non-hydrogen) atoms. The van der Waals surface area contributed by atoms with Gasteiger partial charge in [-0.1, -0.05) is 6.42 Å². The molecule has 0 radical (unpaired) electrons. The Morgan fingerprint density at radius 1 is 1.29 bits per heavy atom. The third-order valence-corrected chi connectivity index (χ3v) is 5.24. The van der Waals surface area contributed by atoms with Crippen LogP contribution in [0.1, 0.15) is 46.5 Å². The normalized spacial score (nSPS) is 18.1. The predicted octanol–water partition coefficient (Wildman–Crippen LogP) is 1.08. The molecule has 7 nitrogen and oxygen atoms in total. The molecule has 0 saturated heterocycles. The number of guanidine groups is 1. The van der Waals surface area contributed by atoms with E-state index in [-0.39, 0.29) is 0 Å². The van der Waals surface area contributed by atoms with E-state index in [1.807, 2.05) is 20.8 Å². The van der Waals surface area contributed by atoms with Gasteiger partial charge in [-0.3, -0.25) is 4.99 Å². The third-order valence-electron chi connectivity index (χ3n) is 4.32. The molecule has 0 spiro atoms. The first kappa shape index (κ1) is 21.2. The van der Waals surface area contributed by atoms with Crippen molar-refractivity contribution in [3.8, 4) is 0 Å². The zero-order valence-electron chi connectivity index (χ0n) is 15.7. The molecule has 0 aromatic heterocycles. The fraction of sp³-hybridized carbons (Fsp3) is 0.938. The minimum atomic E-state index is -3.26. The van der Waals surface area contributed by atoms with E-state index in [1.165, 1.54) is 19.3 Å². The van der Waals surface area contributed by atoms with Gasteiger partial charge in [0.25, 0.3) is 0 Å². The van der Waals surface area contributed by atoms with Gasteiger partial charge >= 0.3 is 0 Å². The van der Waals surface area contributed by atoms with E-state index in [9.17, 15) is 8.42 Å². The van der Waals surface area contributed by atoms with Crippen LogP contribution in [-0.2, 0) is 14.8 Å². The first-order valence-corrected chi connectivity index (χ1v) is 10.5. The van der Waals surface area contributed by atoms with Crippen LogP contribution in [0.2, 0.25) is 0 Å². The second-order valence-corrected chi connectivity index (χ2v) is 9.15. The van der Waals surface area contributed by atoms with E-state index in [1.54, 1.807) is 7.11 Å². The van der Waals surface area contributed by atoms with Crippen molar-refractivity contribution in [1.82, 2.24) is 15.4 Å². The molecule has 3 N–H and O–H groups in total. The molecule has 8 heteroatoms. The largest absolute Gasteiger partial charge is 0.385 e. The smallest absolute Gasteiger partial charge is 0.209 e. The van der Waals surface area contributed by atoms with E-state index in [2.05, 4.69) is 20.3 Å². The summed E-state index contributed by atoms with van der Waals surface area (Å²) in [6.07, 6.45) is 5.91. The van der Waals surface area contributed by atoms with Gasteiger partial charge < -0.3 is 15.4 Å². The van der Waals surface area contributed by atoms with Gasteiger partial charge in [0.05, 0.1) is 12.8 Å². The Kier molecular flexibility index (Phi) is 7.95. The van der Waals surface area contributed by atoms with Gasteiger partial charge in [0.2, 0.25) is 10.0 Å². The van der Waals surface area contributed by atoms with Crippen LogP contribution >= 0.6 is 0 Å². The molecule has 0 amide bonds. The molecule has 0 atom stereocenters. The SMILES string of the molecule is CCNC(=NCC(C)(C)NS(C)(=O)=O)NCC1(CCOC)CCC1. The van der Waals surface area contributed by atoms with E-state index < -0.39 is 15.6 Å². The fourth-order valence-corrected chi connectivity index (χ4v) is 4.00. The zero-order valence-corrected chi connectivity index (χ0v) is 16.6. The van der Waals surface area contributed by atoms with Crippen molar-refractivity contribution in [3.63, 3.8) is 0 Å². The quantitative estimate of drug-likeness (QED) is 0.399. The number of nitrogens with one attached hydrogen (secondary N) is 3. The third kappa shape index (κ3) is 7.81. The minimum Gasteiger partial charge on any atom is -0.385 e. The Morgan fingerprint density at radius 2 is 1.96 bits per heavy atom. The van der Waals surface area contributed by atoms with Crippen LogP contribution < -0.4 is 15.4 Å². The van der Waals surface area contributed by atoms with Crippen molar-refractivity contribution in [2.24, 2.45) is 10.4 Å². The van der Waals surface area contributed by atoms with E-state index >= 15 is 0 Å². The highest BCUT2D eigenvalue weighted by molar-refractivity contribution is 7.88. The Labute approximate surface area is 147 Å². The van der Waals surface area contributed by atoms with Crippen LogP contribution in [0.3, 0.4) is 0 Å². The van der Waals surface area contributed by atoms with Crippen LogP contribution in [0.15, 0.2) is 4.99 Å². The number of hydrogen-bond donors (Lipinski definition) is 3. The van der Waals surface area contributed by atoms with Crippen LogP contribution in [-0.4, -0.2) is 59.5 Å². The molecule has 1 aliphatic carbocycles. The topological polar surface area (TPSA) is 91.8 Å². The molecule has 0 bridgehead atoms. The van der Waals surface area contributed by atoms with Crippen molar-refractivity contribution in [2.45, 2.75) is 52.0 Å². The van der Waals surface area contributed by atoms with E-state index in [0.717, 1.165) is 38.3 Å². The highest BCUT2D eigenvalue weighted by Gasteiger charge is 2.36. The lowest BCUT2D eigenvalue weighted by Gasteiger charge is -2.42. The lowest BCUT2D eigenvalue weighted by molar-refractivity contribution is 0.0732. The molecule has 1 saturated carbocycles. The molecule has 0 aromatic rings. The molecule has 1 rings (SSSR count). The molecule has 0 heterocycles. The number of hydrogen-bond acceptors (Lipinski definition) is 4. The number of rotatable bonds is 10. The average molecular weight is 363 g/mol. The molecular weight excluding hydrogens is 328 g/mol. The van der Waals surface area contributed by atoms with Crippen molar-refractivity contribution in [2.75, 3.05) is 39.6 Å². The lowest BCUT2D eigenvalue weighted by atomic mass is 9.67. The molecule has 142 valence electrons. The summed E-state index contributed by atoms with van der Waals surface area (Å²) in [5.41, 5.74) is -0.327. The van der Waals surface area contributed by atoms with Crippen LogP contribution in [0, 0.1) is 5.41 Å². The van der Waals surface area contributed by atoms with Gasteiger partial charge in [0, 0.05) is 32.3 Å². The van der Waals surface area contributed by atoms with Crippen LogP contribution in [0.4, 0.5) is 0 Å². The summed E-state index contributed by atoms with van der Waals surface area (Å²) in [5, 5.41) is 6.64. The highest BCUT2D eigenvalue weighted by atomic mass is 32.2. The van der Waals surface area contributed by atoms with Gasteiger partial charge in [-0.25, -0.2) is 13.1 Å². The maximum absolute atomic E-state index is 11.4. The Bertz CT molecular complexity index is 513. The Hall–Kier alpha value is -0.860. The first-order chi connectivity index (χ1) is 11.1. The highest BCUT2D eigenvalue weighted by Crippen LogP contribution is 2.43. The molecule has 1 fully saturated rings. The molecule has 0 aromatic carbocycles. The summed E-state index contributed by atoms with van der Waals surface area (Å²) in [6.45, 7) is 8.43. The predicted molar refractivity (Wildman–Crippen MR) is 98.8 cm³/mol. The summed E-state index contributed by atoms with van der Waals surface area (Å²) in [5.74, 6) is 0.726. The monoisotopic (exact) mass is 362 g/mol. The summed E-state index contributed by atoms with van der Waals surface area (Å²) < 4.78 is 30.7. The van der Waals surface area contributed by atoms with Crippen molar-refractivity contribution < 1.29 is 13.2 Å². The van der Waals surface area contributed by atoms with Gasteiger partial charge in [0.1, 0.15) is 0 Å². The number of sulfonamides is 1. The van der Waals surface area contributed by atoms with Crippen molar-refractivity contribution >= 4 is 16.0 Å². The maximum atomic E-state index is 11.4. The summed E-state index contributed by atoms with van der Waals surface area (Å²) >= 11 is 0. The fourth-order valence-electron chi connectivity index (χ4n) is 2.93. The number of ether oxygens (including phenoxy) is 1. The van der Waals surface area contributed by atoms with Crippen LogP contribution in [0.5, 0.6) is 0 Å². The number of aliphatic imine (C=N–C) groups is 1. The Morgan fingerprint density at radius 3 is 2.42 bits per heavy atom. The van der Waals surface area contributed by atoms with Gasteiger partial charge in [-0.05, 0) is 45.4 Å². The van der Waals surface area contributed by atoms with Crippen molar-refractivity contribution in [3.05, 3.63) is 0 Å². The van der Waals surface area contributed by atoms with Crippen LogP contribution in [0.25, 0.3) is 0 Å². The summed E-state index contributed by atoms with van der Waals surface area (Å²) in [6, 6.07) is 0. The average Bonchev–Trinajstić information content (AvgIpc) is 2.40. The molecule has 1 aliphatic rings. The Balaban J connectivity index is 2.62. The van der Waals surface area contributed by atoms with E-state index in [4.69, 9.17) is 4.74 Å². The molecule has 0 aliphatic heterocycles. The van der Waals surface area contributed by atoms with Gasteiger partial charge in [0.15, 0.2) is 5.96 Å². The zero-order chi connectivity index (χ0) is 18.3. The first-order valence-electron chi connectivity index (χ1n) is 8.61. The van der Waals surface area contributed by atoms with Gasteiger partial charge in [-0.15, -0.1) is 0 Å². The second kappa shape index (κ2) is 9.01. The van der Waals surface area contributed by atoms with Crippen molar-refractivity contribution in [1.29, 1.82) is 0 Å².